The van der Waals surface area contributed by atoms with Crippen LogP contribution in [0.5, 0.6) is 0 Å². The summed E-state index contributed by atoms with van der Waals surface area (Å²) in [5.74, 6) is -0.175. The van der Waals surface area contributed by atoms with E-state index in [-0.39, 0.29) is 12.5 Å². The standard InChI is InChI=1S/C13H17BrN2O2/c14-11-10(5-4-8-15-11)12(18)16-13(9-17)6-2-1-3-7-13/h4-5,8,17H,1-3,6-7,9H2,(H,16,18). The predicted molar refractivity (Wildman–Crippen MR) is 72.3 cm³/mol. The van der Waals surface area contributed by atoms with Gasteiger partial charge < -0.3 is 10.4 Å². The minimum absolute atomic E-state index is 0.00335. The second kappa shape index (κ2) is 5.80. The molecule has 1 fully saturated rings. The molecule has 1 aromatic rings. The van der Waals surface area contributed by atoms with Crippen LogP contribution in [0.3, 0.4) is 0 Å². The summed E-state index contributed by atoms with van der Waals surface area (Å²) < 4.78 is 0.534. The lowest BCUT2D eigenvalue weighted by molar-refractivity contribution is 0.0757. The molecule has 1 amide bonds. The molecule has 0 bridgehead atoms. The Morgan fingerprint density at radius 1 is 1.44 bits per heavy atom. The Bertz CT molecular complexity index is 431. The van der Waals surface area contributed by atoms with Crippen molar-refractivity contribution in [2.45, 2.75) is 37.6 Å². The summed E-state index contributed by atoms with van der Waals surface area (Å²) in [4.78, 5) is 16.2. The zero-order chi connectivity index (χ0) is 13.0. The number of pyridine rings is 1. The number of rotatable bonds is 3. The van der Waals surface area contributed by atoms with E-state index in [0.29, 0.717) is 10.2 Å². The Morgan fingerprint density at radius 3 is 2.78 bits per heavy atom. The monoisotopic (exact) mass is 312 g/mol. The third-order valence-electron chi connectivity index (χ3n) is 3.50. The van der Waals surface area contributed by atoms with E-state index in [1.165, 1.54) is 6.42 Å². The highest BCUT2D eigenvalue weighted by Crippen LogP contribution is 2.28. The van der Waals surface area contributed by atoms with E-state index < -0.39 is 5.54 Å². The van der Waals surface area contributed by atoms with Gasteiger partial charge >= 0.3 is 0 Å². The van der Waals surface area contributed by atoms with Crippen molar-refractivity contribution < 1.29 is 9.90 Å². The van der Waals surface area contributed by atoms with Crippen LogP contribution in [-0.4, -0.2) is 28.1 Å². The van der Waals surface area contributed by atoms with Crippen molar-refractivity contribution in [1.82, 2.24) is 10.3 Å². The summed E-state index contributed by atoms with van der Waals surface area (Å²) in [5, 5.41) is 12.5. The number of carbonyl (C=O) groups is 1. The van der Waals surface area contributed by atoms with Crippen molar-refractivity contribution in [3.63, 3.8) is 0 Å². The second-order valence-electron chi connectivity index (χ2n) is 4.80. The van der Waals surface area contributed by atoms with Crippen molar-refractivity contribution in [2.24, 2.45) is 0 Å². The molecule has 0 radical (unpaired) electrons. The number of aliphatic hydroxyl groups excluding tert-OH is 1. The number of aliphatic hydroxyl groups is 1. The zero-order valence-corrected chi connectivity index (χ0v) is 11.7. The molecule has 5 heteroatoms. The van der Waals surface area contributed by atoms with E-state index in [1.807, 2.05) is 0 Å². The van der Waals surface area contributed by atoms with E-state index in [2.05, 4.69) is 26.2 Å². The average Bonchev–Trinajstić information content (AvgIpc) is 2.40. The van der Waals surface area contributed by atoms with Gasteiger partial charge in [-0.25, -0.2) is 4.98 Å². The van der Waals surface area contributed by atoms with Crippen LogP contribution in [0.1, 0.15) is 42.5 Å². The van der Waals surface area contributed by atoms with Gasteiger partial charge in [-0.3, -0.25) is 4.79 Å². The quantitative estimate of drug-likeness (QED) is 0.842. The van der Waals surface area contributed by atoms with Crippen LogP contribution in [0, 0.1) is 0 Å². The summed E-state index contributed by atoms with van der Waals surface area (Å²) in [6.07, 6.45) is 6.59. The number of halogens is 1. The number of hydrogen-bond donors (Lipinski definition) is 2. The largest absolute Gasteiger partial charge is 0.394 e. The fraction of sp³-hybridized carbons (Fsp3) is 0.538. The van der Waals surface area contributed by atoms with E-state index in [4.69, 9.17) is 0 Å². The maximum absolute atomic E-state index is 12.2. The average molecular weight is 313 g/mol. The Morgan fingerprint density at radius 2 is 2.17 bits per heavy atom. The summed E-state index contributed by atoms with van der Waals surface area (Å²) >= 11 is 3.27. The number of carbonyl (C=O) groups excluding carboxylic acids is 1. The van der Waals surface area contributed by atoms with Crippen LogP contribution in [-0.2, 0) is 0 Å². The number of amides is 1. The van der Waals surface area contributed by atoms with E-state index in [0.717, 1.165) is 25.7 Å². The Balaban J connectivity index is 2.13. The van der Waals surface area contributed by atoms with Gasteiger partial charge in [0, 0.05) is 6.20 Å². The van der Waals surface area contributed by atoms with Crippen molar-refractivity contribution >= 4 is 21.8 Å². The van der Waals surface area contributed by atoms with Gasteiger partial charge in [0.25, 0.3) is 5.91 Å². The van der Waals surface area contributed by atoms with E-state index in [1.54, 1.807) is 18.3 Å². The number of aromatic nitrogens is 1. The molecule has 1 aromatic heterocycles. The zero-order valence-electron chi connectivity index (χ0n) is 10.2. The molecular formula is C13H17BrN2O2. The van der Waals surface area contributed by atoms with Gasteiger partial charge in [-0.2, -0.15) is 0 Å². The number of nitrogens with zero attached hydrogens (tertiary/aromatic N) is 1. The summed E-state index contributed by atoms with van der Waals surface area (Å²) in [6.45, 7) is -0.00335. The molecule has 0 spiro atoms. The third-order valence-corrected chi connectivity index (χ3v) is 4.13. The van der Waals surface area contributed by atoms with Crippen LogP contribution < -0.4 is 5.32 Å². The topological polar surface area (TPSA) is 62.2 Å². The smallest absolute Gasteiger partial charge is 0.254 e. The maximum Gasteiger partial charge on any atom is 0.254 e. The molecule has 0 unspecified atom stereocenters. The molecule has 0 aromatic carbocycles. The van der Waals surface area contributed by atoms with Crippen LogP contribution in [0.2, 0.25) is 0 Å². The van der Waals surface area contributed by atoms with Gasteiger partial charge in [0.05, 0.1) is 17.7 Å². The highest BCUT2D eigenvalue weighted by Gasteiger charge is 2.33. The molecule has 1 aliphatic carbocycles. The van der Waals surface area contributed by atoms with Crippen LogP contribution in [0.4, 0.5) is 0 Å². The Labute approximate surface area is 115 Å². The van der Waals surface area contributed by atoms with E-state index in [9.17, 15) is 9.90 Å². The third kappa shape index (κ3) is 2.90. The molecule has 0 saturated heterocycles. The SMILES string of the molecule is O=C(NC1(CO)CCCCC1)c1cccnc1Br. The summed E-state index contributed by atoms with van der Waals surface area (Å²) in [5.41, 5.74) is 0.0563. The molecule has 2 N–H and O–H groups in total. The molecule has 1 saturated carbocycles. The van der Waals surface area contributed by atoms with Gasteiger partial charge in [0.15, 0.2) is 0 Å². The van der Waals surface area contributed by atoms with Crippen molar-refractivity contribution in [3.05, 3.63) is 28.5 Å². The first-order valence-corrected chi connectivity index (χ1v) is 7.00. The van der Waals surface area contributed by atoms with Gasteiger partial charge in [-0.1, -0.05) is 19.3 Å². The van der Waals surface area contributed by atoms with Crippen LogP contribution >= 0.6 is 15.9 Å². The molecule has 4 nitrogen and oxygen atoms in total. The van der Waals surface area contributed by atoms with Crippen LogP contribution in [0.25, 0.3) is 0 Å². The van der Waals surface area contributed by atoms with E-state index >= 15 is 0 Å². The lowest BCUT2D eigenvalue weighted by Crippen LogP contribution is -2.52. The molecule has 1 heterocycles. The van der Waals surface area contributed by atoms with Gasteiger partial charge in [-0.15, -0.1) is 0 Å². The molecule has 1 aliphatic rings. The second-order valence-corrected chi connectivity index (χ2v) is 5.55. The van der Waals surface area contributed by atoms with Gasteiger partial charge in [0.1, 0.15) is 4.60 Å². The lowest BCUT2D eigenvalue weighted by atomic mass is 9.82. The summed E-state index contributed by atoms with van der Waals surface area (Å²) in [7, 11) is 0. The maximum atomic E-state index is 12.2. The molecule has 18 heavy (non-hydrogen) atoms. The van der Waals surface area contributed by atoms with Gasteiger partial charge in [0.2, 0.25) is 0 Å². The van der Waals surface area contributed by atoms with Crippen molar-refractivity contribution in [2.75, 3.05) is 6.61 Å². The molecular weight excluding hydrogens is 296 g/mol. The predicted octanol–water partition coefficient (Wildman–Crippen LogP) is 2.27. The minimum atomic E-state index is -0.454. The Hall–Kier alpha value is -0.940. The van der Waals surface area contributed by atoms with Crippen molar-refractivity contribution in [1.29, 1.82) is 0 Å². The van der Waals surface area contributed by atoms with Crippen molar-refractivity contribution in [3.8, 4) is 0 Å². The summed E-state index contributed by atoms with van der Waals surface area (Å²) in [6, 6.07) is 3.45. The highest BCUT2D eigenvalue weighted by atomic mass is 79.9. The first-order valence-electron chi connectivity index (χ1n) is 6.21. The molecule has 0 aliphatic heterocycles. The fourth-order valence-electron chi connectivity index (χ4n) is 2.41. The first-order chi connectivity index (χ1) is 8.67. The molecule has 0 atom stereocenters. The highest BCUT2D eigenvalue weighted by molar-refractivity contribution is 9.10. The molecule has 2 rings (SSSR count). The lowest BCUT2D eigenvalue weighted by Gasteiger charge is -2.36. The number of hydrogen-bond acceptors (Lipinski definition) is 3. The molecule has 98 valence electrons. The Kier molecular flexibility index (Phi) is 4.35. The van der Waals surface area contributed by atoms with Crippen LogP contribution in [0.15, 0.2) is 22.9 Å². The fourth-order valence-corrected chi connectivity index (χ4v) is 2.85. The number of nitrogens with one attached hydrogen (secondary N) is 1. The van der Waals surface area contributed by atoms with Gasteiger partial charge in [-0.05, 0) is 40.9 Å². The normalized spacial score (nSPS) is 18.3. The first kappa shape index (κ1) is 13.5. The minimum Gasteiger partial charge on any atom is -0.394 e.